The van der Waals surface area contributed by atoms with Crippen molar-refractivity contribution in [2.45, 2.75) is 0 Å². The Bertz CT molecular complexity index is 708. The zero-order valence-corrected chi connectivity index (χ0v) is 14.8. The number of hydrogen-bond donors (Lipinski definition) is 1. The van der Waals surface area contributed by atoms with Crippen molar-refractivity contribution in [3.63, 3.8) is 0 Å². The second kappa shape index (κ2) is 8.52. The predicted octanol–water partition coefficient (Wildman–Crippen LogP) is 3.32. The zero-order chi connectivity index (χ0) is 17.5. The van der Waals surface area contributed by atoms with E-state index >= 15 is 0 Å². The summed E-state index contributed by atoms with van der Waals surface area (Å²) in [7, 11) is 5.53. The molecular formula is C18H21NO4S. The van der Waals surface area contributed by atoms with E-state index in [1.807, 2.05) is 36.5 Å². The number of nitrogens with zero attached hydrogens (tertiary/aromatic N) is 1. The van der Waals surface area contributed by atoms with Crippen molar-refractivity contribution in [3.05, 3.63) is 46.2 Å². The topological polar surface area (TPSA) is 59.0 Å². The molecular weight excluding hydrogens is 326 g/mol. The summed E-state index contributed by atoms with van der Waals surface area (Å²) in [4.78, 5) is 14.3. The summed E-state index contributed by atoms with van der Waals surface area (Å²) in [5.41, 5.74) is 1.01. The molecule has 1 N–H and O–H groups in total. The third-order valence-corrected chi connectivity index (χ3v) is 4.21. The van der Waals surface area contributed by atoms with Gasteiger partial charge >= 0.3 is 5.97 Å². The molecule has 0 aliphatic rings. The molecule has 2 aromatic rings. The number of ether oxygens (including phenoxy) is 2. The molecule has 1 aromatic carbocycles. The Balaban J connectivity index is 2.24. The fourth-order valence-electron chi connectivity index (χ4n) is 2.07. The predicted molar refractivity (Wildman–Crippen MR) is 96.9 cm³/mol. The van der Waals surface area contributed by atoms with Crippen LogP contribution in [0, 0.1) is 0 Å². The first kappa shape index (κ1) is 18.0. The highest BCUT2D eigenvalue weighted by Crippen LogP contribution is 2.30. The summed E-state index contributed by atoms with van der Waals surface area (Å²) >= 11 is 1.40. The maximum Gasteiger partial charge on any atom is 0.337 e. The molecule has 0 amide bonds. The molecule has 2 rings (SSSR count). The standard InChI is InChI=1S/C18H21NO4S/c1-19(2)8-9-23-15-7-6-13(12-16(15)22-3)11-14(18(20)21)17-5-4-10-24-17/h4-7,10-12H,8-9H2,1-3H3,(H,20,21)/b14-11-. The lowest BCUT2D eigenvalue weighted by Crippen LogP contribution is -2.19. The maximum atomic E-state index is 11.5. The lowest BCUT2D eigenvalue weighted by molar-refractivity contribution is -0.130. The normalized spacial score (nSPS) is 11.6. The number of carbonyl (C=O) groups is 1. The number of carboxylic acids is 1. The average Bonchev–Trinajstić information content (AvgIpc) is 3.06. The van der Waals surface area contributed by atoms with Crippen molar-refractivity contribution in [2.24, 2.45) is 0 Å². The fraction of sp³-hybridized carbons (Fsp3) is 0.278. The molecule has 0 aliphatic heterocycles. The number of benzene rings is 1. The number of rotatable bonds is 8. The van der Waals surface area contributed by atoms with E-state index < -0.39 is 5.97 Å². The molecule has 0 saturated carbocycles. The van der Waals surface area contributed by atoms with Gasteiger partial charge in [0.15, 0.2) is 11.5 Å². The van der Waals surface area contributed by atoms with E-state index in [2.05, 4.69) is 0 Å². The van der Waals surface area contributed by atoms with E-state index in [-0.39, 0.29) is 5.57 Å². The van der Waals surface area contributed by atoms with Crippen LogP contribution >= 0.6 is 11.3 Å². The Hall–Kier alpha value is -2.31. The molecule has 24 heavy (non-hydrogen) atoms. The molecule has 0 aliphatic carbocycles. The summed E-state index contributed by atoms with van der Waals surface area (Å²) in [6.45, 7) is 1.35. The Labute approximate surface area is 145 Å². The van der Waals surface area contributed by atoms with Gasteiger partial charge in [0.25, 0.3) is 0 Å². The van der Waals surface area contributed by atoms with E-state index in [1.165, 1.54) is 11.3 Å². The largest absolute Gasteiger partial charge is 0.493 e. The van der Waals surface area contributed by atoms with E-state index in [9.17, 15) is 9.90 Å². The Morgan fingerprint density at radius 2 is 2.08 bits per heavy atom. The van der Waals surface area contributed by atoms with Gasteiger partial charge < -0.3 is 19.5 Å². The molecule has 6 heteroatoms. The Morgan fingerprint density at radius 3 is 2.67 bits per heavy atom. The van der Waals surface area contributed by atoms with Gasteiger partial charge in [-0.1, -0.05) is 12.1 Å². The van der Waals surface area contributed by atoms with Crippen molar-refractivity contribution in [3.8, 4) is 11.5 Å². The van der Waals surface area contributed by atoms with Crippen LogP contribution in [0.1, 0.15) is 10.4 Å². The quantitative estimate of drug-likeness (QED) is 0.742. The molecule has 0 bridgehead atoms. The summed E-state index contributed by atoms with van der Waals surface area (Å²) in [5, 5.41) is 11.3. The number of aliphatic carboxylic acids is 1. The minimum atomic E-state index is -0.956. The Kier molecular flexibility index (Phi) is 6.40. The van der Waals surface area contributed by atoms with Crippen molar-refractivity contribution in [2.75, 3.05) is 34.4 Å². The minimum absolute atomic E-state index is 0.258. The van der Waals surface area contributed by atoms with Crippen LogP contribution < -0.4 is 9.47 Å². The van der Waals surface area contributed by atoms with Crippen molar-refractivity contribution in [1.82, 2.24) is 4.90 Å². The van der Waals surface area contributed by atoms with Gasteiger partial charge in [0, 0.05) is 11.4 Å². The maximum absolute atomic E-state index is 11.5. The Morgan fingerprint density at radius 1 is 1.29 bits per heavy atom. The van der Waals surface area contributed by atoms with Crippen LogP contribution in [0.5, 0.6) is 11.5 Å². The van der Waals surface area contributed by atoms with E-state index in [1.54, 1.807) is 31.4 Å². The minimum Gasteiger partial charge on any atom is -0.493 e. The number of thiophene rings is 1. The molecule has 1 heterocycles. The lowest BCUT2D eigenvalue weighted by atomic mass is 10.1. The second-order valence-electron chi connectivity index (χ2n) is 5.40. The highest BCUT2D eigenvalue weighted by Gasteiger charge is 2.12. The van der Waals surface area contributed by atoms with Crippen molar-refractivity contribution in [1.29, 1.82) is 0 Å². The highest BCUT2D eigenvalue weighted by atomic mass is 32.1. The van der Waals surface area contributed by atoms with Crippen LogP contribution in [0.15, 0.2) is 35.7 Å². The van der Waals surface area contributed by atoms with Gasteiger partial charge in [-0.05, 0) is 49.3 Å². The summed E-state index contributed by atoms with van der Waals surface area (Å²) in [5.74, 6) is 0.269. The molecule has 0 fully saturated rings. The zero-order valence-electron chi connectivity index (χ0n) is 14.0. The first-order chi connectivity index (χ1) is 11.5. The summed E-state index contributed by atoms with van der Waals surface area (Å²) in [6, 6.07) is 9.03. The molecule has 5 nitrogen and oxygen atoms in total. The van der Waals surface area contributed by atoms with Gasteiger partial charge in [-0.3, -0.25) is 0 Å². The highest BCUT2D eigenvalue weighted by molar-refractivity contribution is 7.11. The average molecular weight is 347 g/mol. The van der Waals surface area contributed by atoms with Gasteiger partial charge in [-0.2, -0.15) is 0 Å². The van der Waals surface area contributed by atoms with E-state index in [0.717, 1.165) is 12.1 Å². The van der Waals surface area contributed by atoms with Crippen LogP contribution in [0.3, 0.4) is 0 Å². The second-order valence-corrected chi connectivity index (χ2v) is 6.35. The van der Waals surface area contributed by atoms with Crippen LogP contribution in [0.2, 0.25) is 0 Å². The molecule has 0 saturated heterocycles. The van der Waals surface area contributed by atoms with Crippen LogP contribution in [0.25, 0.3) is 11.6 Å². The molecule has 1 aromatic heterocycles. The first-order valence-corrected chi connectivity index (χ1v) is 8.33. The van der Waals surface area contributed by atoms with Gasteiger partial charge in [-0.25, -0.2) is 4.79 Å². The SMILES string of the molecule is COc1cc(/C=C(\C(=O)O)c2cccs2)ccc1OCCN(C)C. The first-order valence-electron chi connectivity index (χ1n) is 7.45. The fourth-order valence-corrected chi connectivity index (χ4v) is 2.80. The number of hydrogen-bond acceptors (Lipinski definition) is 5. The number of methoxy groups -OCH3 is 1. The van der Waals surface area contributed by atoms with Crippen LogP contribution in [-0.2, 0) is 4.79 Å². The van der Waals surface area contributed by atoms with Gasteiger partial charge in [0.1, 0.15) is 6.61 Å². The lowest BCUT2D eigenvalue weighted by Gasteiger charge is -2.14. The number of carboxylic acid groups (broad SMARTS) is 1. The van der Waals surface area contributed by atoms with Crippen molar-refractivity contribution >= 4 is 29.0 Å². The smallest absolute Gasteiger partial charge is 0.337 e. The molecule has 0 unspecified atom stereocenters. The van der Waals surface area contributed by atoms with Crippen LogP contribution in [-0.4, -0.2) is 50.3 Å². The molecule has 128 valence electrons. The molecule has 0 radical (unpaired) electrons. The van der Waals surface area contributed by atoms with Gasteiger partial charge in [0.2, 0.25) is 0 Å². The van der Waals surface area contributed by atoms with Crippen molar-refractivity contribution < 1.29 is 19.4 Å². The molecule has 0 spiro atoms. The van der Waals surface area contributed by atoms with Gasteiger partial charge in [0.05, 0.1) is 12.7 Å². The van der Waals surface area contributed by atoms with Gasteiger partial charge in [-0.15, -0.1) is 11.3 Å². The third-order valence-electron chi connectivity index (χ3n) is 3.31. The van der Waals surface area contributed by atoms with Crippen LogP contribution in [0.4, 0.5) is 0 Å². The third kappa shape index (κ3) is 4.84. The number of likely N-dealkylation sites (N-methyl/N-ethyl adjacent to an activating group) is 1. The monoisotopic (exact) mass is 347 g/mol. The van der Waals surface area contributed by atoms with E-state index in [4.69, 9.17) is 9.47 Å². The summed E-state index contributed by atoms with van der Waals surface area (Å²) in [6.07, 6.45) is 1.64. The van der Waals surface area contributed by atoms with E-state index in [0.29, 0.717) is 23.0 Å². The summed E-state index contributed by atoms with van der Waals surface area (Å²) < 4.78 is 11.1. The molecule has 0 atom stereocenters.